The maximum absolute atomic E-state index is 12.5. The van der Waals surface area contributed by atoms with Crippen molar-refractivity contribution in [1.82, 2.24) is 5.32 Å². The van der Waals surface area contributed by atoms with Gasteiger partial charge in [0.25, 0.3) is 0 Å². The second-order valence-electron chi connectivity index (χ2n) is 6.30. The second-order valence-corrected chi connectivity index (χ2v) is 7.64. The Morgan fingerprint density at radius 3 is 2.60 bits per heavy atom. The third kappa shape index (κ3) is 3.23. The predicted molar refractivity (Wildman–Crippen MR) is 84.8 cm³/mol. The molecule has 0 spiro atoms. The summed E-state index contributed by atoms with van der Waals surface area (Å²) in [6, 6.07) is 2.17. The summed E-state index contributed by atoms with van der Waals surface area (Å²) in [6.45, 7) is 7.59. The van der Waals surface area contributed by atoms with Crippen LogP contribution in [0.5, 0.6) is 0 Å². The molecule has 3 N–H and O–H groups in total. The SMILES string of the molecule is Cc1cc(CNC(=O)C2(CN)CCC(C)CC2)sc1C. The monoisotopic (exact) mass is 294 g/mol. The number of thiophene rings is 1. The molecule has 20 heavy (non-hydrogen) atoms. The van der Waals surface area contributed by atoms with Gasteiger partial charge in [-0.25, -0.2) is 0 Å². The van der Waals surface area contributed by atoms with Crippen LogP contribution in [0.15, 0.2) is 6.07 Å². The molecule has 0 aromatic carbocycles. The summed E-state index contributed by atoms with van der Waals surface area (Å²) in [5, 5.41) is 3.11. The van der Waals surface area contributed by atoms with E-state index in [-0.39, 0.29) is 11.3 Å². The summed E-state index contributed by atoms with van der Waals surface area (Å²) in [6.07, 6.45) is 4.08. The highest BCUT2D eigenvalue weighted by Gasteiger charge is 2.39. The first kappa shape index (κ1) is 15.5. The molecule has 0 aliphatic heterocycles. The molecule has 1 aliphatic carbocycles. The molecule has 1 aromatic heterocycles. The van der Waals surface area contributed by atoms with Gasteiger partial charge in [0.05, 0.1) is 12.0 Å². The van der Waals surface area contributed by atoms with Crippen molar-refractivity contribution in [2.45, 2.75) is 53.0 Å². The molecule has 0 bridgehead atoms. The summed E-state index contributed by atoms with van der Waals surface area (Å²) in [5.41, 5.74) is 6.90. The Hall–Kier alpha value is -0.870. The lowest BCUT2D eigenvalue weighted by molar-refractivity contribution is -0.133. The normalized spacial score (nSPS) is 26.5. The highest BCUT2D eigenvalue weighted by Crippen LogP contribution is 2.38. The Morgan fingerprint density at radius 1 is 1.45 bits per heavy atom. The van der Waals surface area contributed by atoms with Gasteiger partial charge in [-0.1, -0.05) is 6.92 Å². The average Bonchev–Trinajstić information content (AvgIpc) is 2.76. The van der Waals surface area contributed by atoms with E-state index in [0.717, 1.165) is 31.6 Å². The van der Waals surface area contributed by atoms with E-state index >= 15 is 0 Å². The quantitative estimate of drug-likeness (QED) is 0.896. The van der Waals surface area contributed by atoms with Crippen LogP contribution in [-0.4, -0.2) is 12.5 Å². The zero-order chi connectivity index (χ0) is 14.8. The lowest BCUT2D eigenvalue weighted by atomic mass is 9.70. The minimum absolute atomic E-state index is 0.149. The van der Waals surface area contributed by atoms with E-state index in [1.807, 2.05) is 0 Å². The Kier molecular flexibility index (Phi) is 4.86. The van der Waals surface area contributed by atoms with Crippen molar-refractivity contribution >= 4 is 17.2 Å². The average molecular weight is 294 g/mol. The van der Waals surface area contributed by atoms with Gasteiger partial charge < -0.3 is 11.1 Å². The predicted octanol–water partition coefficient (Wildman–Crippen LogP) is 3.14. The van der Waals surface area contributed by atoms with Gasteiger partial charge in [-0.15, -0.1) is 11.3 Å². The Balaban J connectivity index is 1.96. The van der Waals surface area contributed by atoms with Gasteiger partial charge in [0.2, 0.25) is 5.91 Å². The summed E-state index contributed by atoms with van der Waals surface area (Å²) in [5.74, 6) is 0.876. The molecule has 0 atom stereocenters. The molecule has 1 amide bonds. The molecule has 4 heteroatoms. The van der Waals surface area contributed by atoms with E-state index in [1.54, 1.807) is 11.3 Å². The number of nitrogens with two attached hydrogens (primary N) is 1. The van der Waals surface area contributed by atoms with Crippen molar-refractivity contribution in [3.05, 3.63) is 21.4 Å². The minimum Gasteiger partial charge on any atom is -0.351 e. The fourth-order valence-electron chi connectivity index (χ4n) is 2.93. The van der Waals surface area contributed by atoms with Gasteiger partial charge in [-0.05, 0) is 57.1 Å². The van der Waals surface area contributed by atoms with Crippen molar-refractivity contribution < 1.29 is 4.79 Å². The van der Waals surface area contributed by atoms with E-state index in [2.05, 4.69) is 32.2 Å². The second kappa shape index (κ2) is 6.27. The first-order chi connectivity index (χ1) is 9.47. The van der Waals surface area contributed by atoms with Crippen molar-refractivity contribution in [3.8, 4) is 0 Å². The van der Waals surface area contributed by atoms with Gasteiger partial charge in [-0.3, -0.25) is 4.79 Å². The summed E-state index contributed by atoms with van der Waals surface area (Å²) in [7, 11) is 0. The first-order valence-corrected chi connectivity index (χ1v) is 8.33. The highest BCUT2D eigenvalue weighted by molar-refractivity contribution is 7.12. The van der Waals surface area contributed by atoms with Crippen molar-refractivity contribution in [2.24, 2.45) is 17.1 Å². The number of carbonyl (C=O) groups excluding carboxylic acids is 1. The summed E-state index contributed by atoms with van der Waals surface area (Å²) in [4.78, 5) is 15.1. The molecule has 3 nitrogen and oxygen atoms in total. The van der Waals surface area contributed by atoms with Crippen LogP contribution in [-0.2, 0) is 11.3 Å². The Morgan fingerprint density at radius 2 is 2.10 bits per heavy atom. The molecule has 1 fully saturated rings. The molecular weight excluding hydrogens is 268 g/mol. The van der Waals surface area contributed by atoms with Crippen LogP contribution in [0.25, 0.3) is 0 Å². The third-order valence-corrected chi connectivity index (χ3v) is 5.90. The number of hydrogen-bond donors (Lipinski definition) is 2. The van der Waals surface area contributed by atoms with Crippen LogP contribution < -0.4 is 11.1 Å². The number of rotatable bonds is 4. The van der Waals surface area contributed by atoms with Crippen molar-refractivity contribution in [2.75, 3.05) is 6.54 Å². The molecular formula is C16H26N2OS. The molecule has 1 heterocycles. The standard InChI is InChI=1S/C16H26N2OS/c1-11-4-6-16(10-17,7-5-11)15(19)18-9-14-8-12(2)13(3)20-14/h8,11H,4-7,9-10,17H2,1-3H3,(H,18,19). The zero-order valence-electron chi connectivity index (χ0n) is 12.8. The lowest BCUT2D eigenvalue weighted by Crippen LogP contribution is -2.47. The van der Waals surface area contributed by atoms with Gasteiger partial charge >= 0.3 is 0 Å². The van der Waals surface area contributed by atoms with Crippen molar-refractivity contribution in [1.29, 1.82) is 0 Å². The number of carbonyl (C=O) groups is 1. The molecule has 112 valence electrons. The number of hydrogen-bond acceptors (Lipinski definition) is 3. The van der Waals surface area contributed by atoms with Crippen LogP contribution >= 0.6 is 11.3 Å². The van der Waals surface area contributed by atoms with E-state index < -0.39 is 0 Å². The summed E-state index contributed by atoms with van der Waals surface area (Å²) >= 11 is 1.76. The number of nitrogens with one attached hydrogen (secondary N) is 1. The van der Waals surface area contributed by atoms with Crippen molar-refractivity contribution in [3.63, 3.8) is 0 Å². The Bertz CT molecular complexity index is 453. The number of aryl methyl sites for hydroxylation is 2. The number of amides is 1. The van der Waals surface area contributed by atoms with Gasteiger partial charge in [0.1, 0.15) is 0 Å². The fraction of sp³-hybridized carbons (Fsp3) is 0.688. The van der Waals surface area contributed by atoms with Gasteiger partial charge in [0, 0.05) is 16.3 Å². The van der Waals surface area contributed by atoms with Crippen LogP contribution in [0.4, 0.5) is 0 Å². The van der Waals surface area contributed by atoms with Crippen LogP contribution in [0.2, 0.25) is 0 Å². The van der Waals surface area contributed by atoms with Gasteiger partial charge in [-0.2, -0.15) is 0 Å². The molecule has 1 aliphatic rings. The topological polar surface area (TPSA) is 55.1 Å². The summed E-state index contributed by atoms with van der Waals surface area (Å²) < 4.78 is 0. The fourth-order valence-corrected chi connectivity index (χ4v) is 3.92. The van der Waals surface area contributed by atoms with Crippen LogP contribution in [0.3, 0.4) is 0 Å². The lowest BCUT2D eigenvalue weighted by Gasteiger charge is -2.37. The van der Waals surface area contributed by atoms with Crippen LogP contribution in [0.1, 0.15) is 47.9 Å². The van der Waals surface area contributed by atoms with Gasteiger partial charge in [0.15, 0.2) is 0 Å². The minimum atomic E-state index is -0.326. The smallest absolute Gasteiger partial charge is 0.227 e. The van der Waals surface area contributed by atoms with E-state index in [4.69, 9.17) is 5.73 Å². The molecule has 1 saturated carbocycles. The molecule has 0 unspecified atom stereocenters. The highest BCUT2D eigenvalue weighted by atomic mass is 32.1. The van der Waals surface area contributed by atoms with E-state index in [9.17, 15) is 4.79 Å². The molecule has 0 radical (unpaired) electrons. The molecule has 2 rings (SSSR count). The van der Waals surface area contributed by atoms with E-state index in [0.29, 0.717) is 13.1 Å². The maximum atomic E-state index is 12.5. The third-order valence-electron chi connectivity index (χ3n) is 4.74. The largest absolute Gasteiger partial charge is 0.351 e. The Labute approximate surface area is 125 Å². The zero-order valence-corrected chi connectivity index (χ0v) is 13.6. The molecule has 1 aromatic rings. The van der Waals surface area contributed by atoms with E-state index in [1.165, 1.54) is 15.3 Å². The molecule has 0 saturated heterocycles. The van der Waals surface area contributed by atoms with Crippen LogP contribution in [0, 0.1) is 25.2 Å². The maximum Gasteiger partial charge on any atom is 0.227 e. The first-order valence-electron chi connectivity index (χ1n) is 7.51.